The second-order valence-electron chi connectivity index (χ2n) is 14.2. The summed E-state index contributed by atoms with van der Waals surface area (Å²) in [5, 5.41) is 4.75. The maximum atomic E-state index is 5.46. The van der Waals surface area contributed by atoms with Gasteiger partial charge < -0.3 is 9.13 Å². The molecule has 0 aliphatic heterocycles. The van der Waals surface area contributed by atoms with E-state index in [0.717, 1.165) is 67.0 Å². The summed E-state index contributed by atoms with van der Waals surface area (Å²) in [6.07, 6.45) is 0. The molecule has 0 bridgehead atoms. The second kappa shape index (κ2) is 13.1. The molecule has 0 saturated carbocycles. The molecule has 4 nitrogen and oxygen atoms in total. The van der Waals surface area contributed by atoms with Crippen LogP contribution in [0.1, 0.15) is 0 Å². The molecule has 0 atom stereocenters. The van der Waals surface area contributed by atoms with E-state index >= 15 is 0 Å². The first-order valence-corrected chi connectivity index (χ1v) is 19.0. The molecule has 0 saturated heterocycles. The summed E-state index contributed by atoms with van der Waals surface area (Å²) in [6, 6.07) is 73.2. The molecule has 0 aliphatic rings. The van der Waals surface area contributed by atoms with E-state index in [0.29, 0.717) is 5.82 Å². The quantitative estimate of drug-likeness (QED) is 0.172. The largest absolute Gasteiger partial charge is 0.309 e. The van der Waals surface area contributed by atoms with Crippen molar-refractivity contribution in [1.29, 1.82) is 0 Å². The van der Waals surface area contributed by atoms with Gasteiger partial charge in [-0.05, 0) is 71.8 Å². The van der Waals surface area contributed by atoms with Crippen molar-refractivity contribution in [3.05, 3.63) is 206 Å². The molecule has 262 valence electrons. The molecule has 3 aromatic heterocycles. The normalized spacial score (nSPS) is 11.6. The van der Waals surface area contributed by atoms with Crippen LogP contribution in [-0.2, 0) is 0 Å². The number of para-hydroxylation sites is 4. The maximum Gasteiger partial charge on any atom is 0.160 e. The van der Waals surface area contributed by atoms with Crippen LogP contribution in [0.4, 0.5) is 0 Å². The Hall–Kier alpha value is -7.56. The van der Waals surface area contributed by atoms with Gasteiger partial charge in [-0.15, -0.1) is 0 Å². The minimum absolute atomic E-state index is 0.693. The molecule has 0 unspecified atom stereocenters. The van der Waals surface area contributed by atoms with Gasteiger partial charge in [0.25, 0.3) is 0 Å². The Morgan fingerprint density at radius 2 is 0.821 bits per heavy atom. The molecule has 56 heavy (non-hydrogen) atoms. The van der Waals surface area contributed by atoms with Crippen LogP contribution in [0.3, 0.4) is 0 Å². The molecular formula is C52H34N4. The molecule has 0 N–H and O–H groups in total. The van der Waals surface area contributed by atoms with Gasteiger partial charge in [-0.1, -0.05) is 146 Å². The monoisotopic (exact) mass is 714 g/mol. The van der Waals surface area contributed by atoms with Crippen LogP contribution in [0.5, 0.6) is 0 Å². The van der Waals surface area contributed by atoms with E-state index in [1.54, 1.807) is 0 Å². The minimum Gasteiger partial charge on any atom is -0.309 e. The van der Waals surface area contributed by atoms with Gasteiger partial charge in [0.1, 0.15) is 0 Å². The van der Waals surface area contributed by atoms with Crippen LogP contribution in [-0.4, -0.2) is 19.1 Å². The van der Waals surface area contributed by atoms with Crippen LogP contribution in [0, 0.1) is 0 Å². The molecule has 0 aliphatic carbocycles. The standard InChI is InChI=1S/C52H34N4/c1-5-17-35(18-6-1)44-34-45(54-52(53-44)36-19-7-2-8-20-36)50-40(30-32-49-51(50)42-26-14-16-28-47(42)56(49)39-23-11-4-12-24-39)37-29-31-48-43(33-37)41-25-13-15-27-46(41)55(48)38-21-9-3-10-22-38/h1-34H. The fraction of sp³-hybridized carbons (Fsp3) is 0. The fourth-order valence-corrected chi connectivity index (χ4v) is 8.47. The zero-order valence-corrected chi connectivity index (χ0v) is 30.4. The minimum atomic E-state index is 0.693. The van der Waals surface area contributed by atoms with Crippen LogP contribution >= 0.6 is 0 Å². The molecule has 0 spiro atoms. The van der Waals surface area contributed by atoms with Crippen molar-refractivity contribution in [3.8, 4) is 56.4 Å². The average molecular weight is 715 g/mol. The predicted molar refractivity (Wildman–Crippen MR) is 232 cm³/mol. The number of benzene rings is 8. The van der Waals surface area contributed by atoms with E-state index in [2.05, 4.69) is 191 Å². The highest BCUT2D eigenvalue weighted by molar-refractivity contribution is 6.19. The molecule has 0 fully saturated rings. The molecular weight excluding hydrogens is 681 g/mol. The lowest BCUT2D eigenvalue weighted by molar-refractivity contribution is 1.18. The number of aromatic nitrogens is 4. The van der Waals surface area contributed by atoms with Gasteiger partial charge in [0.2, 0.25) is 0 Å². The summed E-state index contributed by atoms with van der Waals surface area (Å²) in [7, 11) is 0. The van der Waals surface area contributed by atoms with Crippen molar-refractivity contribution in [2.24, 2.45) is 0 Å². The van der Waals surface area contributed by atoms with E-state index in [-0.39, 0.29) is 0 Å². The topological polar surface area (TPSA) is 35.6 Å². The SMILES string of the molecule is c1ccc(-c2cc(-c3c(-c4ccc5c(c4)c4ccccc4n5-c4ccccc4)ccc4c3c3ccccc3n4-c3ccccc3)nc(-c3ccccc3)n2)cc1. The third kappa shape index (κ3) is 5.15. The van der Waals surface area contributed by atoms with E-state index < -0.39 is 0 Å². The first kappa shape index (κ1) is 31.9. The highest BCUT2D eigenvalue weighted by Crippen LogP contribution is 2.45. The molecule has 11 aromatic rings. The predicted octanol–water partition coefficient (Wildman–Crippen LogP) is 13.3. The first-order valence-electron chi connectivity index (χ1n) is 19.0. The summed E-state index contributed by atoms with van der Waals surface area (Å²) in [4.78, 5) is 10.6. The van der Waals surface area contributed by atoms with Crippen LogP contribution in [0.15, 0.2) is 206 Å². The third-order valence-electron chi connectivity index (χ3n) is 10.9. The average Bonchev–Trinajstić information content (AvgIpc) is 3.80. The number of hydrogen-bond acceptors (Lipinski definition) is 2. The Balaban J connectivity index is 1.26. The summed E-state index contributed by atoms with van der Waals surface area (Å²) in [6.45, 7) is 0. The molecule has 4 heteroatoms. The summed E-state index contributed by atoms with van der Waals surface area (Å²) in [5.41, 5.74) is 14.0. The highest BCUT2D eigenvalue weighted by atomic mass is 15.0. The highest BCUT2D eigenvalue weighted by Gasteiger charge is 2.23. The van der Waals surface area contributed by atoms with E-state index in [1.165, 1.54) is 27.2 Å². The summed E-state index contributed by atoms with van der Waals surface area (Å²) in [5.74, 6) is 0.693. The number of fused-ring (bicyclic) bond motifs is 6. The lowest BCUT2D eigenvalue weighted by atomic mass is 9.91. The maximum absolute atomic E-state index is 5.46. The van der Waals surface area contributed by atoms with Crippen molar-refractivity contribution in [1.82, 2.24) is 19.1 Å². The van der Waals surface area contributed by atoms with Crippen molar-refractivity contribution in [2.45, 2.75) is 0 Å². The van der Waals surface area contributed by atoms with Gasteiger partial charge >= 0.3 is 0 Å². The molecule has 8 aromatic carbocycles. The van der Waals surface area contributed by atoms with Crippen LogP contribution < -0.4 is 0 Å². The Kier molecular flexibility index (Phi) is 7.46. The molecule has 0 radical (unpaired) electrons. The van der Waals surface area contributed by atoms with E-state index in [4.69, 9.17) is 9.97 Å². The zero-order chi connectivity index (χ0) is 37.0. The van der Waals surface area contributed by atoms with Crippen molar-refractivity contribution < 1.29 is 0 Å². The lowest BCUT2D eigenvalue weighted by Crippen LogP contribution is -1.98. The van der Waals surface area contributed by atoms with Gasteiger partial charge in [-0.2, -0.15) is 0 Å². The smallest absolute Gasteiger partial charge is 0.160 e. The van der Waals surface area contributed by atoms with Crippen LogP contribution in [0.25, 0.3) is 100 Å². The van der Waals surface area contributed by atoms with Crippen molar-refractivity contribution >= 4 is 43.6 Å². The van der Waals surface area contributed by atoms with Gasteiger partial charge in [0, 0.05) is 49.6 Å². The molecule has 3 heterocycles. The van der Waals surface area contributed by atoms with Gasteiger partial charge in [0.05, 0.1) is 33.5 Å². The molecule has 11 rings (SSSR count). The lowest BCUT2D eigenvalue weighted by Gasteiger charge is -2.16. The Morgan fingerprint density at radius 1 is 0.321 bits per heavy atom. The second-order valence-corrected chi connectivity index (χ2v) is 14.2. The Bertz CT molecular complexity index is 3160. The fourth-order valence-electron chi connectivity index (χ4n) is 8.47. The van der Waals surface area contributed by atoms with Crippen molar-refractivity contribution in [3.63, 3.8) is 0 Å². The Morgan fingerprint density at radius 3 is 1.50 bits per heavy atom. The number of hydrogen-bond donors (Lipinski definition) is 0. The van der Waals surface area contributed by atoms with Gasteiger partial charge in [-0.3, -0.25) is 0 Å². The Labute approximate surface area is 324 Å². The van der Waals surface area contributed by atoms with E-state index in [1.807, 2.05) is 24.3 Å². The van der Waals surface area contributed by atoms with Crippen LogP contribution in [0.2, 0.25) is 0 Å². The third-order valence-corrected chi connectivity index (χ3v) is 10.9. The number of nitrogens with zero attached hydrogens (tertiary/aromatic N) is 4. The molecule has 0 amide bonds. The summed E-state index contributed by atoms with van der Waals surface area (Å²) >= 11 is 0. The van der Waals surface area contributed by atoms with E-state index in [9.17, 15) is 0 Å². The zero-order valence-electron chi connectivity index (χ0n) is 30.4. The summed E-state index contributed by atoms with van der Waals surface area (Å²) < 4.78 is 4.75. The van der Waals surface area contributed by atoms with Gasteiger partial charge in [0.15, 0.2) is 5.82 Å². The first-order chi connectivity index (χ1) is 27.8. The van der Waals surface area contributed by atoms with Crippen molar-refractivity contribution in [2.75, 3.05) is 0 Å². The number of rotatable bonds is 6. The van der Waals surface area contributed by atoms with Gasteiger partial charge in [-0.25, -0.2) is 9.97 Å².